The van der Waals surface area contributed by atoms with Crippen LogP contribution in [0.1, 0.15) is 19.0 Å². The number of aromatic nitrogens is 2. The number of nitrogens with zero attached hydrogens (tertiary/aromatic N) is 3. The first-order valence-corrected chi connectivity index (χ1v) is 5.19. The van der Waals surface area contributed by atoms with Crippen LogP contribution in [0, 0.1) is 0 Å². The Bertz CT molecular complexity index is 321. The van der Waals surface area contributed by atoms with Gasteiger partial charge in [0.05, 0.1) is 12.2 Å². The molecule has 0 saturated carbocycles. The topological polar surface area (TPSA) is 54.2 Å². The van der Waals surface area contributed by atoms with Crippen LogP contribution >= 0.6 is 24.0 Å². The fourth-order valence-corrected chi connectivity index (χ4v) is 1.21. The summed E-state index contributed by atoms with van der Waals surface area (Å²) in [6.07, 6.45) is 2.88. The minimum atomic E-state index is 0. The maximum atomic E-state index is 4.12. The van der Waals surface area contributed by atoms with E-state index >= 15 is 0 Å². The maximum Gasteiger partial charge on any atom is 0.191 e. The molecule has 6 heteroatoms. The number of hydrogen-bond acceptors (Lipinski definition) is 2. The Balaban J connectivity index is 0.00000225. The molecule has 0 fully saturated rings. The number of nitrogens with one attached hydrogen (secondary N) is 2. The van der Waals surface area contributed by atoms with E-state index in [0.29, 0.717) is 0 Å². The fourth-order valence-electron chi connectivity index (χ4n) is 1.21. The highest BCUT2D eigenvalue weighted by atomic mass is 127. The minimum absolute atomic E-state index is 0. The van der Waals surface area contributed by atoms with Gasteiger partial charge in [0.25, 0.3) is 0 Å². The molecule has 0 atom stereocenters. The van der Waals surface area contributed by atoms with Crippen LogP contribution in [0.4, 0.5) is 0 Å². The standard InChI is InChI=1S/C10H19N5.HI/c1-4-6-12-10(11-2)13-8-9-5-7-14-15(9)3;/h5,7H,4,6,8H2,1-3H3,(H2,11,12,13);1H. The van der Waals surface area contributed by atoms with Gasteiger partial charge < -0.3 is 10.6 Å². The molecule has 0 amide bonds. The predicted molar refractivity (Wildman–Crippen MR) is 77.1 cm³/mol. The number of aryl methyl sites for hydroxylation is 1. The van der Waals surface area contributed by atoms with Crippen molar-refractivity contribution < 1.29 is 0 Å². The number of hydrogen-bond donors (Lipinski definition) is 2. The van der Waals surface area contributed by atoms with E-state index in [0.717, 1.165) is 31.2 Å². The predicted octanol–water partition coefficient (Wildman–Crippen LogP) is 1.11. The van der Waals surface area contributed by atoms with Crippen molar-refractivity contribution >= 4 is 29.9 Å². The van der Waals surface area contributed by atoms with Gasteiger partial charge in [0, 0.05) is 26.8 Å². The van der Waals surface area contributed by atoms with Crippen LogP contribution in [-0.4, -0.2) is 29.3 Å². The van der Waals surface area contributed by atoms with Crippen LogP contribution in [0.2, 0.25) is 0 Å². The second kappa shape index (κ2) is 8.37. The van der Waals surface area contributed by atoms with E-state index in [2.05, 4.69) is 27.6 Å². The summed E-state index contributed by atoms with van der Waals surface area (Å²) in [6, 6.07) is 1.99. The fraction of sp³-hybridized carbons (Fsp3) is 0.600. The zero-order chi connectivity index (χ0) is 11.1. The molecule has 0 radical (unpaired) electrons. The molecule has 0 aliphatic rings. The summed E-state index contributed by atoms with van der Waals surface area (Å²) < 4.78 is 1.85. The average molecular weight is 337 g/mol. The summed E-state index contributed by atoms with van der Waals surface area (Å²) in [5, 5.41) is 10.5. The van der Waals surface area contributed by atoms with Crippen molar-refractivity contribution in [3.05, 3.63) is 18.0 Å². The van der Waals surface area contributed by atoms with Gasteiger partial charge in [-0.15, -0.1) is 24.0 Å². The molecule has 0 aromatic carbocycles. The molecule has 16 heavy (non-hydrogen) atoms. The van der Waals surface area contributed by atoms with Gasteiger partial charge in [0.2, 0.25) is 0 Å². The smallest absolute Gasteiger partial charge is 0.191 e. The van der Waals surface area contributed by atoms with E-state index in [4.69, 9.17) is 0 Å². The molecule has 0 aliphatic heterocycles. The molecular weight excluding hydrogens is 317 g/mol. The van der Waals surface area contributed by atoms with Gasteiger partial charge in [-0.05, 0) is 12.5 Å². The third-order valence-corrected chi connectivity index (χ3v) is 2.13. The summed E-state index contributed by atoms with van der Waals surface area (Å²) in [6.45, 7) is 3.80. The highest BCUT2D eigenvalue weighted by molar-refractivity contribution is 14.0. The minimum Gasteiger partial charge on any atom is -0.356 e. The van der Waals surface area contributed by atoms with Crippen LogP contribution < -0.4 is 10.6 Å². The molecule has 1 rings (SSSR count). The lowest BCUT2D eigenvalue weighted by Crippen LogP contribution is -2.37. The molecule has 0 unspecified atom stereocenters. The highest BCUT2D eigenvalue weighted by Crippen LogP contribution is 1.94. The number of aliphatic imine (C=N–C) groups is 1. The molecular formula is C10H20IN5. The molecule has 1 aromatic rings. The lowest BCUT2D eigenvalue weighted by molar-refractivity contribution is 0.683. The van der Waals surface area contributed by atoms with Crippen LogP contribution in [0.15, 0.2) is 17.3 Å². The van der Waals surface area contributed by atoms with Crippen molar-refractivity contribution in [3.63, 3.8) is 0 Å². The summed E-state index contributed by atoms with van der Waals surface area (Å²) in [5.74, 6) is 0.832. The quantitative estimate of drug-likeness (QED) is 0.492. The van der Waals surface area contributed by atoms with Gasteiger partial charge in [0.1, 0.15) is 0 Å². The third kappa shape index (κ3) is 4.82. The Morgan fingerprint density at radius 2 is 2.25 bits per heavy atom. The van der Waals surface area contributed by atoms with Crippen molar-refractivity contribution in [2.75, 3.05) is 13.6 Å². The molecule has 1 heterocycles. The summed E-state index contributed by atoms with van der Waals surface area (Å²) in [4.78, 5) is 4.12. The molecule has 92 valence electrons. The van der Waals surface area contributed by atoms with Crippen molar-refractivity contribution in [1.29, 1.82) is 0 Å². The van der Waals surface area contributed by atoms with Gasteiger partial charge in [-0.3, -0.25) is 9.67 Å². The zero-order valence-corrected chi connectivity index (χ0v) is 12.4. The van der Waals surface area contributed by atoms with Crippen LogP contribution in [0.25, 0.3) is 0 Å². The zero-order valence-electron chi connectivity index (χ0n) is 10.0. The summed E-state index contributed by atoms with van der Waals surface area (Å²) >= 11 is 0. The molecule has 0 saturated heterocycles. The maximum absolute atomic E-state index is 4.12. The molecule has 5 nitrogen and oxygen atoms in total. The average Bonchev–Trinajstić information content (AvgIpc) is 2.65. The largest absolute Gasteiger partial charge is 0.356 e. The normalized spacial score (nSPS) is 10.8. The molecule has 0 spiro atoms. The number of rotatable bonds is 4. The third-order valence-electron chi connectivity index (χ3n) is 2.13. The first-order chi connectivity index (χ1) is 7.27. The highest BCUT2D eigenvalue weighted by Gasteiger charge is 1.99. The van der Waals surface area contributed by atoms with Crippen LogP contribution in [0.3, 0.4) is 0 Å². The van der Waals surface area contributed by atoms with Gasteiger partial charge in [0.15, 0.2) is 5.96 Å². The Hall–Kier alpha value is -0.790. The van der Waals surface area contributed by atoms with Crippen LogP contribution in [0.5, 0.6) is 0 Å². The Kier molecular flexibility index (Phi) is 7.96. The summed E-state index contributed by atoms with van der Waals surface area (Å²) in [7, 11) is 3.70. The first-order valence-electron chi connectivity index (χ1n) is 5.19. The van der Waals surface area contributed by atoms with Crippen molar-refractivity contribution in [2.45, 2.75) is 19.9 Å². The van der Waals surface area contributed by atoms with Crippen molar-refractivity contribution in [1.82, 2.24) is 20.4 Å². The first kappa shape index (κ1) is 15.2. The molecule has 0 aliphatic carbocycles. The van der Waals surface area contributed by atoms with E-state index < -0.39 is 0 Å². The Morgan fingerprint density at radius 1 is 1.50 bits per heavy atom. The van der Waals surface area contributed by atoms with Gasteiger partial charge in [-0.25, -0.2) is 0 Å². The lowest BCUT2D eigenvalue weighted by Gasteiger charge is -2.10. The van der Waals surface area contributed by atoms with E-state index in [1.807, 2.05) is 17.8 Å². The molecule has 1 aromatic heterocycles. The summed E-state index contributed by atoms with van der Waals surface area (Å²) in [5.41, 5.74) is 1.13. The van der Waals surface area contributed by atoms with Crippen LogP contribution in [-0.2, 0) is 13.6 Å². The monoisotopic (exact) mass is 337 g/mol. The lowest BCUT2D eigenvalue weighted by atomic mass is 10.4. The van der Waals surface area contributed by atoms with Gasteiger partial charge >= 0.3 is 0 Å². The second-order valence-electron chi connectivity index (χ2n) is 3.30. The van der Waals surface area contributed by atoms with Gasteiger partial charge in [-0.2, -0.15) is 5.10 Å². The van der Waals surface area contributed by atoms with E-state index in [9.17, 15) is 0 Å². The van der Waals surface area contributed by atoms with Crippen molar-refractivity contribution in [2.24, 2.45) is 12.0 Å². The van der Waals surface area contributed by atoms with E-state index in [-0.39, 0.29) is 24.0 Å². The second-order valence-corrected chi connectivity index (χ2v) is 3.30. The van der Waals surface area contributed by atoms with E-state index in [1.54, 1.807) is 13.2 Å². The SMILES string of the molecule is CCCNC(=NC)NCc1ccnn1C.I. The van der Waals surface area contributed by atoms with E-state index in [1.165, 1.54) is 0 Å². The number of guanidine groups is 1. The molecule has 2 N–H and O–H groups in total. The van der Waals surface area contributed by atoms with Crippen molar-refractivity contribution in [3.8, 4) is 0 Å². The molecule has 0 bridgehead atoms. The number of halogens is 1. The Morgan fingerprint density at radius 3 is 2.75 bits per heavy atom. The van der Waals surface area contributed by atoms with Gasteiger partial charge in [-0.1, -0.05) is 6.92 Å². The Labute approximate surface area is 114 Å².